The normalized spacial score (nSPS) is 11.8. The molecular weight excluding hydrogens is 279 g/mol. The van der Waals surface area contributed by atoms with Crippen LogP contribution in [0.2, 0.25) is 0 Å². The third-order valence-electron chi connectivity index (χ3n) is 3.67. The van der Waals surface area contributed by atoms with Crippen molar-refractivity contribution in [3.8, 4) is 5.88 Å². The number of aromatic nitrogens is 1. The fourth-order valence-electron chi connectivity index (χ4n) is 2.53. The summed E-state index contributed by atoms with van der Waals surface area (Å²) in [5.74, 6) is -0.00234. The molecule has 3 rings (SSSR count). The van der Waals surface area contributed by atoms with Crippen LogP contribution >= 0.6 is 0 Å². The Morgan fingerprint density at radius 1 is 1.18 bits per heavy atom. The molecule has 0 saturated carbocycles. The van der Waals surface area contributed by atoms with E-state index in [-0.39, 0.29) is 11.7 Å². The molecule has 0 saturated heterocycles. The molecule has 0 spiro atoms. The van der Waals surface area contributed by atoms with Crippen molar-refractivity contribution in [2.75, 3.05) is 0 Å². The predicted octanol–water partition coefficient (Wildman–Crippen LogP) is 4.89. The fraction of sp³-hybridized carbons (Fsp3) is 0.167. The average molecular weight is 296 g/mol. The Balaban J connectivity index is 2.07. The minimum atomic E-state index is -0.344. The van der Waals surface area contributed by atoms with Gasteiger partial charge >= 0.3 is 0 Å². The van der Waals surface area contributed by atoms with E-state index >= 15 is 0 Å². The Bertz CT molecular complexity index is 849. The zero-order valence-electron chi connectivity index (χ0n) is 12.5. The van der Waals surface area contributed by atoms with Crippen LogP contribution in [0.3, 0.4) is 0 Å². The first-order valence-corrected chi connectivity index (χ1v) is 7.19. The number of hydrogen-bond acceptors (Lipinski definition) is 2. The number of aromatic hydroxyl groups is 1. The quantitative estimate of drug-likeness (QED) is 0.664. The molecule has 1 heterocycles. The maximum atomic E-state index is 13.4. The van der Waals surface area contributed by atoms with E-state index in [1.54, 1.807) is 12.3 Å². The Labute approximate surface area is 128 Å². The zero-order valence-corrected chi connectivity index (χ0v) is 12.5. The van der Waals surface area contributed by atoms with Gasteiger partial charge in [0.1, 0.15) is 5.82 Å². The second kappa shape index (κ2) is 5.64. The molecule has 0 radical (unpaired) electrons. The molecule has 0 atom stereocenters. The van der Waals surface area contributed by atoms with Crippen molar-refractivity contribution < 1.29 is 9.50 Å². The van der Waals surface area contributed by atoms with Gasteiger partial charge in [-0.25, -0.2) is 4.39 Å². The first-order chi connectivity index (χ1) is 10.6. The van der Waals surface area contributed by atoms with Crippen LogP contribution in [0.25, 0.3) is 10.9 Å². The Morgan fingerprint density at radius 3 is 2.73 bits per heavy atom. The highest BCUT2D eigenvalue weighted by atomic mass is 19.1. The van der Waals surface area contributed by atoms with Gasteiger partial charge in [0.05, 0.1) is 11.3 Å². The number of aromatic amines is 1. The van der Waals surface area contributed by atoms with Crippen LogP contribution in [-0.4, -0.2) is 16.3 Å². The lowest BCUT2D eigenvalue weighted by atomic mass is 10.0. The molecule has 0 bridgehead atoms. The van der Waals surface area contributed by atoms with Crippen molar-refractivity contribution in [2.24, 2.45) is 4.99 Å². The molecule has 22 heavy (non-hydrogen) atoms. The number of para-hydroxylation sites is 1. The molecule has 0 unspecified atom stereocenters. The van der Waals surface area contributed by atoms with Crippen molar-refractivity contribution in [3.05, 3.63) is 59.4 Å². The second-order valence-corrected chi connectivity index (χ2v) is 5.55. The highest BCUT2D eigenvalue weighted by molar-refractivity contribution is 6.02. The molecule has 0 amide bonds. The number of hydrogen-bond donors (Lipinski definition) is 2. The van der Waals surface area contributed by atoms with Gasteiger partial charge in [0.15, 0.2) is 5.88 Å². The lowest BCUT2D eigenvalue weighted by Gasteiger charge is -2.08. The van der Waals surface area contributed by atoms with Crippen LogP contribution in [0.5, 0.6) is 5.88 Å². The fourth-order valence-corrected chi connectivity index (χ4v) is 2.53. The lowest BCUT2D eigenvalue weighted by Crippen LogP contribution is -1.88. The molecule has 0 fully saturated rings. The molecule has 2 N–H and O–H groups in total. The van der Waals surface area contributed by atoms with Crippen LogP contribution in [0.1, 0.15) is 30.9 Å². The highest BCUT2D eigenvalue weighted by Crippen LogP contribution is 2.29. The summed E-state index contributed by atoms with van der Waals surface area (Å²) < 4.78 is 13.4. The number of nitrogens with one attached hydrogen (secondary N) is 1. The number of nitrogens with zero attached hydrogens (tertiary/aromatic N) is 1. The zero-order chi connectivity index (χ0) is 15.7. The van der Waals surface area contributed by atoms with Crippen molar-refractivity contribution in [1.29, 1.82) is 0 Å². The van der Waals surface area contributed by atoms with E-state index in [1.807, 2.05) is 24.3 Å². The van der Waals surface area contributed by atoms with Crippen LogP contribution in [-0.2, 0) is 0 Å². The summed E-state index contributed by atoms with van der Waals surface area (Å²) in [5.41, 5.74) is 3.15. The van der Waals surface area contributed by atoms with Gasteiger partial charge in [-0.05, 0) is 35.7 Å². The molecule has 2 aromatic carbocycles. The summed E-state index contributed by atoms with van der Waals surface area (Å²) in [6.45, 7) is 4.21. The molecule has 112 valence electrons. The Hall–Kier alpha value is -2.62. The van der Waals surface area contributed by atoms with Crippen LogP contribution < -0.4 is 0 Å². The van der Waals surface area contributed by atoms with Gasteiger partial charge in [-0.1, -0.05) is 32.0 Å². The van der Waals surface area contributed by atoms with Crippen molar-refractivity contribution in [3.63, 3.8) is 0 Å². The summed E-state index contributed by atoms with van der Waals surface area (Å²) in [5, 5.41) is 10.6. The molecule has 3 nitrogen and oxygen atoms in total. The number of halogens is 1. The summed E-state index contributed by atoms with van der Waals surface area (Å²) in [6.07, 6.45) is 1.58. The monoisotopic (exact) mass is 296 g/mol. The summed E-state index contributed by atoms with van der Waals surface area (Å²) in [7, 11) is 0. The number of H-pyrrole nitrogens is 1. The molecule has 0 aliphatic carbocycles. The van der Waals surface area contributed by atoms with Crippen molar-refractivity contribution >= 4 is 22.8 Å². The largest absolute Gasteiger partial charge is 0.494 e. The van der Waals surface area contributed by atoms with Gasteiger partial charge in [0.25, 0.3) is 0 Å². The van der Waals surface area contributed by atoms with Crippen LogP contribution in [0.4, 0.5) is 10.1 Å². The third kappa shape index (κ3) is 2.60. The van der Waals surface area contributed by atoms with E-state index in [2.05, 4.69) is 23.8 Å². The van der Waals surface area contributed by atoms with E-state index in [0.717, 1.165) is 11.3 Å². The van der Waals surface area contributed by atoms with Crippen LogP contribution in [0, 0.1) is 5.82 Å². The first-order valence-electron chi connectivity index (χ1n) is 7.19. The molecule has 4 heteroatoms. The van der Waals surface area contributed by atoms with Gasteiger partial charge in [0.2, 0.25) is 0 Å². The molecule has 3 aromatic rings. The summed E-state index contributed by atoms with van der Waals surface area (Å²) in [4.78, 5) is 7.31. The lowest BCUT2D eigenvalue weighted by molar-refractivity contribution is 0.457. The first kappa shape index (κ1) is 14.3. The van der Waals surface area contributed by atoms with Gasteiger partial charge in [-0.15, -0.1) is 0 Å². The van der Waals surface area contributed by atoms with Gasteiger partial charge in [0, 0.05) is 17.1 Å². The van der Waals surface area contributed by atoms with Gasteiger partial charge in [-0.2, -0.15) is 0 Å². The smallest absolute Gasteiger partial charge is 0.198 e. The minimum absolute atomic E-state index is 0.00798. The Kier molecular flexibility index (Phi) is 3.67. The summed E-state index contributed by atoms with van der Waals surface area (Å²) >= 11 is 0. The van der Waals surface area contributed by atoms with E-state index in [4.69, 9.17) is 0 Å². The van der Waals surface area contributed by atoms with E-state index in [9.17, 15) is 9.50 Å². The molecular formula is C18H17FN2O. The third-order valence-corrected chi connectivity index (χ3v) is 3.67. The minimum Gasteiger partial charge on any atom is -0.494 e. The second-order valence-electron chi connectivity index (χ2n) is 5.55. The molecule has 0 aliphatic rings. The topological polar surface area (TPSA) is 48.4 Å². The van der Waals surface area contributed by atoms with Gasteiger partial charge in [-0.3, -0.25) is 4.99 Å². The van der Waals surface area contributed by atoms with Crippen LogP contribution in [0.15, 0.2) is 47.5 Å². The maximum absolute atomic E-state index is 13.4. The maximum Gasteiger partial charge on any atom is 0.198 e. The number of rotatable bonds is 3. The standard InChI is InChI=1S/C18H17FN2O/c1-11(2)13-5-3-4-6-16(13)20-10-15-14-9-12(19)7-8-17(14)21-18(15)22/h3-11,21-22H,1-2H3. The number of fused-ring (bicyclic) bond motifs is 1. The average Bonchev–Trinajstić information content (AvgIpc) is 2.80. The predicted molar refractivity (Wildman–Crippen MR) is 87.7 cm³/mol. The Morgan fingerprint density at radius 2 is 1.95 bits per heavy atom. The number of benzene rings is 2. The molecule has 1 aromatic heterocycles. The van der Waals surface area contributed by atoms with E-state index < -0.39 is 0 Å². The number of aliphatic imine (C=N–C) groups is 1. The van der Waals surface area contributed by atoms with E-state index in [1.165, 1.54) is 12.1 Å². The molecule has 0 aliphatic heterocycles. The van der Waals surface area contributed by atoms with Gasteiger partial charge < -0.3 is 10.1 Å². The highest BCUT2D eigenvalue weighted by Gasteiger charge is 2.10. The SMILES string of the molecule is CC(C)c1ccccc1N=Cc1c(O)[nH]c2ccc(F)cc12. The summed E-state index contributed by atoms with van der Waals surface area (Å²) in [6, 6.07) is 12.2. The van der Waals surface area contributed by atoms with Crippen molar-refractivity contribution in [2.45, 2.75) is 19.8 Å². The van der Waals surface area contributed by atoms with Crippen molar-refractivity contribution in [1.82, 2.24) is 4.98 Å². The van der Waals surface area contributed by atoms with E-state index in [0.29, 0.717) is 22.4 Å².